The van der Waals surface area contributed by atoms with E-state index >= 15 is 0 Å². The van der Waals surface area contributed by atoms with Crippen molar-refractivity contribution >= 4 is 43.6 Å². The normalized spacial score (nSPS) is 11.6. The van der Waals surface area contributed by atoms with Gasteiger partial charge in [-0.15, -0.1) is 0 Å². The molecule has 0 aliphatic heterocycles. The molecule has 5 heteroatoms. The van der Waals surface area contributed by atoms with E-state index in [0.29, 0.717) is 5.82 Å². The first-order valence-corrected chi connectivity index (χ1v) is 18.0. The average Bonchev–Trinajstić information content (AvgIpc) is 3.63. The fraction of sp³-hybridized carbons (Fsp3) is 0.0417. The number of hydrogen-bond acceptors (Lipinski definition) is 4. The van der Waals surface area contributed by atoms with Crippen molar-refractivity contribution in [1.82, 2.24) is 24.5 Å². The van der Waals surface area contributed by atoms with Crippen LogP contribution in [0.1, 0.15) is 12.7 Å². The second kappa shape index (κ2) is 12.7. The summed E-state index contributed by atoms with van der Waals surface area (Å²) in [4.78, 5) is 20.8. The molecule has 0 aliphatic rings. The summed E-state index contributed by atoms with van der Waals surface area (Å²) in [6.45, 7) is 2.16. The van der Waals surface area contributed by atoms with Crippen LogP contribution in [0.4, 0.5) is 0 Å². The number of pyridine rings is 1. The molecule has 10 aromatic rings. The summed E-state index contributed by atoms with van der Waals surface area (Å²) < 4.78 is 2.28. The first-order chi connectivity index (χ1) is 26.2. The smallest absolute Gasteiger partial charge is 0.160 e. The van der Waals surface area contributed by atoms with Gasteiger partial charge in [-0.05, 0) is 46.8 Å². The van der Waals surface area contributed by atoms with Gasteiger partial charge in [-0.1, -0.05) is 146 Å². The van der Waals surface area contributed by atoms with Gasteiger partial charge < -0.3 is 0 Å². The first-order valence-electron chi connectivity index (χ1n) is 18.0. The zero-order valence-electron chi connectivity index (χ0n) is 29.1. The quantitative estimate of drug-likeness (QED) is 0.164. The molecule has 0 amide bonds. The van der Waals surface area contributed by atoms with Crippen molar-refractivity contribution < 1.29 is 0 Å². The van der Waals surface area contributed by atoms with E-state index < -0.39 is 0 Å². The Morgan fingerprint density at radius 1 is 0.415 bits per heavy atom. The Labute approximate surface area is 306 Å². The largest absolute Gasteiger partial charge is 0.296 e. The van der Waals surface area contributed by atoms with Gasteiger partial charge in [0.05, 0.1) is 33.5 Å². The van der Waals surface area contributed by atoms with Gasteiger partial charge in [0.25, 0.3) is 0 Å². The van der Waals surface area contributed by atoms with Crippen molar-refractivity contribution in [3.8, 4) is 50.7 Å². The van der Waals surface area contributed by atoms with E-state index in [0.717, 1.165) is 95.2 Å². The Morgan fingerprint density at radius 2 is 0.981 bits per heavy atom. The van der Waals surface area contributed by atoms with Gasteiger partial charge >= 0.3 is 0 Å². The number of rotatable bonds is 6. The van der Waals surface area contributed by atoms with Gasteiger partial charge in [-0.2, -0.15) is 0 Å². The molecule has 3 aromatic heterocycles. The topological polar surface area (TPSA) is 56.5 Å². The molecule has 0 atom stereocenters. The molecular weight excluding hydrogens is 647 g/mol. The Hall–Kier alpha value is -6.98. The summed E-state index contributed by atoms with van der Waals surface area (Å²) in [5, 5.41) is 4.34. The summed E-state index contributed by atoms with van der Waals surface area (Å²) in [5.74, 6) is 1.72. The van der Waals surface area contributed by atoms with Crippen LogP contribution < -0.4 is 0 Å². The molecule has 0 aliphatic carbocycles. The van der Waals surface area contributed by atoms with Crippen LogP contribution in [0.5, 0.6) is 0 Å². The predicted octanol–water partition coefficient (Wildman–Crippen LogP) is 11.9. The standard InChI is InChI=1S/C48H33N5/c1-2-43-51-47-42(53(43)36-15-7-4-8-16-36)30-29-38-37-17-9-11-19-40(37)49-46(44(38)47)34-25-23-33(24-26-34)45-39-18-10-12-20-41(39)50-48(52-45)35-27-21-32(22-28-35)31-13-5-3-6-14-31/h3-30H,2H2,1H3. The fourth-order valence-electron chi connectivity index (χ4n) is 7.60. The number of nitrogens with zero attached hydrogens (tertiary/aromatic N) is 5. The summed E-state index contributed by atoms with van der Waals surface area (Å²) in [6, 6.07) is 59.2. The molecule has 53 heavy (non-hydrogen) atoms. The molecule has 3 heterocycles. The fourth-order valence-corrected chi connectivity index (χ4v) is 7.60. The molecule has 0 fully saturated rings. The minimum atomic E-state index is 0.702. The highest BCUT2D eigenvalue weighted by Crippen LogP contribution is 2.39. The lowest BCUT2D eigenvalue weighted by atomic mass is 9.97. The maximum absolute atomic E-state index is 5.32. The van der Waals surface area contributed by atoms with E-state index in [4.69, 9.17) is 19.9 Å². The number of aromatic nitrogens is 5. The molecule has 0 radical (unpaired) electrons. The van der Waals surface area contributed by atoms with Gasteiger partial charge in [0.15, 0.2) is 5.82 Å². The van der Waals surface area contributed by atoms with E-state index in [2.05, 4.69) is 163 Å². The van der Waals surface area contributed by atoms with Gasteiger partial charge in [-0.3, -0.25) is 4.57 Å². The average molecular weight is 680 g/mol. The lowest BCUT2D eigenvalue weighted by Crippen LogP contribution is -1.99. The van der Waals surface area contributed by atoms with Crippen LogP contribution >= 0.6 is 0 Å². The number of para-hydroxylation sites is 3. The highest BCUT2D eigenvalue weighted by molar-refractivity contribution is 6.20. The number of hydrogen-bond donors (Lipinski definition) is 0. The van der Waals surface area contributed by atoms with Crippen LogP contribution in [0.3, 0.4) is 0 Å². The zero-order valence-corrected chi connectivity index (χ0v) is 29.1. The Balaban J connectivity index is 1.12. The molecule has 0 bridgehead atoms. The van der Waals surface area contributed by atoms with Crippen LogP contribution in [0.15, 0.2) is 170 Å². The van der Waals surface area contributed by atoms with Crippen molar-refractivity contribution in [2.45, 2.75) is 13.3 Å². The van der Waals surface area contributed by atoms with E-state index in [1.54, 1.807) is 0 Å². The molecule has 5 nitrogen and oxygen atoms in total. The Morgan fingerprint density at radius 3 is 1.70 bits per heavy atom. The van der Waals surface area contributed by atoms with Crippen LogP contribution in [0.2, 0.25) is 0 Å². The Bertz CT molecular complexity index is 2950. The minimum absolute atomic E-state index is 0.702. The molecule has 250 valence electrons. The minimum Gasteiger partial charge on any atom is -0.296 e. The molecule has 0 unspecified atom stereocenters. The van der Waals surface area contributed by atoms with Crippen molar-refractivity contribution in [3.05, 3.63) is 176 Å². The third kappa shape index (κ3) is 5.25. The van der Waals surface area contributed by atoms with Crippen molar-refractivity contribution in [1.29, 1.82) is 0 Å². The van der Waals surface area contributed by atoms with Crippen molar-refractivity contribution in [3.63, 3.8) is 0 Å². The molecule has 0 N–H and O–H groups in total. The monoisotopic (exact) mass is 679 g/mol. The lowest BCUT2D eigenvalue weighted by molar-refractivity contribution is 0.908. The Kier molecular flexibility index (Phi) is 7.36. The molecule has 10 rings (SSSR count). The SMILES string of the molecule is CCc1nc2c3c(-c4ccc(-c5nc(-c6ccc(-c7ccccc7)cc6)nc6ccccc56)cc4)nc4ccccc4c3ccc2n1-c1ccccc1. The van der Waals surface area contributed by atoms with Gasteiger partial charge in [0.2, 0.25) is 0 Å². The number of imidazole rings is 1. The van der Waals surface area contributed by atoms with Crippen molar-refractivity contribution in [2.24, 2.45) is 0 Å². The third-order valence-electron chi connectivity index (χ3n) is 10.2. The molecule has 7 aromatic carbocycles. The summed E-state index contributed by atoms with van der Waals surface area (Å²) in [7, 11) is 0. The first kappa shape index (κ1) is 30.8. The highest BCUT2D eigenvalue weighted by Gasteiger charge is 2.20. The number of aryl methyl sites for hydroxylation is 1. The molecular formula is C48H33N5. The van der Waals surface area contributed by atoms with Crippen LogP contribution in [-0.2, 0) is 6.42 Å². The third-order valence-corrected chi connectivity index (χ3v) is 10.2. The van der Waals surface area contributed by atoms with Gasteiger partial charge in [-0.25, -0.2) is 19.9 Å². The maximum Gasteiger partial charge on any atom is 0.160 e. The van der Waals surface area contributed by atoms with E-state index in [-0.39, 0.29) is 0 Å². The lowest BCUT2D eigenvalue weighted by Gasteiger charge is -2.13. The molecule has 0 saturated heterocycles. The number of fused-ring (bicyclic) bond motifs is 6. The summed E-state index contributed by atoms with van der Waals surface area (Å²) in [6.07, 6.45) is 0.808. The van der Waals surface area contributed by atoms with E-state index in [1.807, 2.05) is 18.2 Å². The van der Waals surface area contributed by atoms with Crippen LogP contribution in [-0.4, -0.2) is 24.5 Å². The summed E-state index contributed by atoms with van der Waals surface area (Å²) >= 11 is 0. The maximum atomic E-state index is 5.32. The summed E-state index contributed by atoms with van der Waals surface area (Å²) in [5.41, 5.74) is 12.2. The zero-order chi connectivity index (χ0) is 35.3. The molecule has 0 spiro atoms. The predicted molar refractivity (Wildman–Crippen MR) is 218 cm³/mol. The van der Waals surface area contributed by atoms with E-state index in [1.165, 1.54) is 5.56 Å². The second-order valence-corrected chi connectivity index (χ2v) is 13.3. The van der Waals surface area contributed by atoms with Gasteiger partial charge in [0, 0.05) is 45.0 Å². The van der Waals surface area contributed by atoms with Crippen LogP contribution in [0.25, 0.3) is 94.3 Å². The van der Waals surface area contributed by atoms with Crippen LogP contribution in [0, 0.1) is 0 Å². The highest BCUT2D eigenvalue weighted by atomic mass is 15.1. The van der Waals surface area contributed by atoms with E-state index in [9.17, 15) is 0 Å². The second-order valence-electron chi connectivity index (χ2n) is 13.3. The van der Waals surface area contributed by atoms with Crippen molar-refractivity contribution in [2.75, 3.05) is 0 Å². The number of benzene rings is 7. The van der Waals surface area contributed by atoms with Gasteiger partial charge in [0.1, 0.15) is 5.82 Å². The molecule has 0 saturated carbocycles.